The number of nitrogens with one attached hydrogen (secondary N) is 2. The number of hydrogen-bond acceptors (Lipinski definition) is 6. The van der Waals surface area contributed by atoms with Gasteiger partial charge in [0.2, 0.25) is 17.7 Å². The Labute approximate surface area is 243 Å². The molecule has 5 rings (SSSR count). The smallest absolute Gasteiger partial charge is 0.244 e. The standard InChI is InChI=1S/C29H40BrN3O5S/c1-2-38-20-13-11-19(12-14-20)31-26(35)22-23-28(37)33(15-7-4-8-16-34)25(29(23)17-21(30)24(22)39-29)27(36)32-18-9-5-3-6-10-18/h11-14,18,21-25,34H,2-10,15-17H2,1H3,(H,31,35)(H,32,36)/t21?,22-,23-,24-,25?,29?/m0/s1. The van der Waals surface area contributed by atoms with Crippen LogP contribution in [-0.4, -0.2) is 74.4 Å². The quantitative estimate of drug-likeness (QED) is 0.254. The number of aliphatic hydroxyl groups excluding tert-OH is 1. The van der Waals surface area contributed by atoms with Gasteiger partial charge in [0.25, 0.3) is 0 Å². The van der Waals surface area contributed by atoms with E-state index < -0.39 is 22.6 Å². The fraction of sp³-hybridized carbons (Fsp3) is 0.690. The van der Waals surface area contributed by atoms with Crippen LogP contribution in [0.5, 0.6) is 5.75 Å². The minimum Gasteiger partial charge on any atom is -0.494 e. The number of anilines is 1. The summed E-state index contributed by atoms with van der Waals surface area (Å²) in [6, 6.07) is 6.83. The van der Waals surface area contributed by atoms with E-state index in [1.54, 1.807) is 16.7 Å². The van der Waals surface area contributed by atoms with Crippen molar-refractivity contribution in [2.45, 2.75) is 91.6 Å². The van der Waals surface area contributed by atoms with E-state index in [2.05, 4.69) is 26.6 Å². The van der Waals surface area contributed by atoms with Gasteiger partial charge in [-0.05, 0) is 69.7 Å². The van der Waals surface area contributed by atoms with E-state index in [1.807, 2.05) is 31.2 Å². The summed E-state index contributed by atoms with van der Waals surface area (Å²) in [5.41, 5.74) is 0.661. The van der Waals surface area contributed by atoms with Crippen molar-refractivity contribution in [3.05, 3.63) is 24.3 Å². The first kappa shape index (κ1) is 28.7. The Kier molecular flexibility index (Phi) is 9.13. The number of unbranched alkanes of at least 4 members (excludes halogenated alkanes) is 2. The number of nitrogens with zero attached hydrogens (tertiary/aromatic N) is 1. The monoisotopic (exact) mass is 621 g/mol. The lowest BCUT2D eigenvalue weighted by atomic mass is 9.70. The number of thioether (sulfide) groups is 1. The summed E-state index contributed by atoms with van der Waals surface area (Å²) in [6.07, 6.45) is 8.23. The van der Waals surface area contributed by atoms with Crippen LogP contribution in [0.1, 0.15) is 64.7 Å². The predicted molar refractivity (Wildman–Crippen MR) is 156 cm³/mol. The van der Waals surface area contributed by atoms with Crippen LogP contribution in [0, 0.1) is 11.8 Å². The molecule has 10 heteroatoms. The lowest BCUT2D eigenvalue weighted by Crippen LogP contribution is -2.56. The Morgan fingerprint density at radius 1 is 1.13 bits per heavy atom. The third-order valence-electron chi connectivity index (χ3n) is 8.78. The number of amides is 3. The van der Waals surface area contributed by atoms with Gasteiger partial charge in [-0.25, -0.2) is 0 Å². The number of carbonyl (C=O) groups is 3. The van der Waals surface area contributed by atoms with E-state index in [0.717, 1.165) is 44.3 Å². The molecular formula is C29H40BrN3O5S. The van der Waals surface area contributed by atoms with Crippen molar-refractivity contribution in [1.29, 1.82) is 0 Å². The van der Waals surface area contributed by atoms with Gasteiger partial charge in [-0.2, -0.15) is 0 Å². The topological polar surface area (TPSA) is 108 Å². The van der Waals surface area contributed by atoms with Crippen LogP contribution < -0.4 is 15.4 Å². The molecule has 0 radical (unpaired) electrons. The van der Waals surface area contributed by atoms with E-state index in [0.29, 0.717) is 31.7 Å². The highest BCUT2D eigenvalue weighted by molar-refractivity contribution is 9.09. The molecule has 3 heterocycles. The number of fused-ring (bicyclic) bond motifs is 1. The average molecular weight is 623 g/mol. The van der Waals surface area contributed by atoms with Crippen molar-refractivity contribution in [2.75, 3.05) is 25.1 Å². The molecule has 8 nitrogen and oxygen atoms in total. The van der Waals surface area contributed by atoms with Gasteiger partial charge < -0.3 is 25.4 Å². The molecule has 3 saturated heterocycles. The zero-order chi connectivity index (χ0) is 27.6. The number of hydrogen-bond donors (Lipinski definition) is 3. The number of halogens is 1. The van der Waals surface area contributed by atoms with Gasteiger partial charge in [0, 0.05) is 35.0 Å². The first-order valence-electron chi connectivity index (χ1n) is 14.5. The molecule has 1 saturated carbocycles. The van der Waals surface area contributed by atoms with Crippen molar-refractivity contribution in [2.24, 2.45) is 11.8 Å². The van der Waals surface area contributed by atoms with E-state index in [1.165, 1.54) is 6.42 Å². The summed E-state index contributed by atoms with van der Waals surface area (Å²) in [5.74, 6) is -0.650. The first-order chi connectivity index (χ1) is 18.9. The normalized spacial score (nSPS) is 31.8. The molecule has 3 aliphatic heterocycles. The van der Waals surface area contributed by atoms with Crippen LogP contribution in [0.2, 0.25) is 0 Å². The lowest BCUT2D eigenvalue weighted by Gasteiger charge is -2.36. The molecule has 3 unspecified atom stereocenters. The van der Waals surface area contributed by atoms with Crippen molar-refractivity contribution < 1.29 is 24.2 Å². The molecular weight excluding hydrogens is 582 g/mol. The third kappa shape index (κ3) is 5.58. The highest BCUT2D eigenvalue weighted by Gasteiger charge is 2.75. The van der Waals surface area contributed by atoms with Gasteiger partial charge in [-0.3, -0.25) is 14.4 Å². The van der Waals surface area contributed by atoms with Crippen molar-refractivity contribution in [3.8, 4) is 5.75 Å². The Morgan fingerprint density at radius 2 is 1.87 bits per heavy atom. The molecule has 4 fully saturated rings. The molecule has 0 aromatic heterocycles. The molecule has 1 aromatic rings. The van der Waals surface area contributed by atoms with Crippen LogP contribution in [-0.2, 0) is 14.4 Å². The number of ether oxygens (including phenoxy) is 1. The fourth-order valence-corrected chi connectivity index (χ4v) is 10.7. The largest absolute Gasteiger partial charge is 0.494 e. The highest BCUT2D eigenvalue weighted by Crippen LogP contribution is 2.67. The minimum atomic E-state index is -0.632. The summed E-state index contributed by atoms with van der Waals surface area (Å²) in [6.45, 7) is 3.07. The van der Waals surface area contributed by atoms with Gasteiger partial charge in [0.05, 0.1) is 23.2 Å². The Bertz CT molecular complexity index is 1050. The SMILES string of the molecule is CCOc1ccc(NC(=O)[C@H]2[C@H]3C(=O)N(CCCCCO)C(C(=O)NC4CCCCC4)C34CC(Br)[C@@H]2S4)cc1. The molecule has 3 N–H and O–H groups in total. The van der Waals surface area contributed by atoms with Gasteiger partial charge >= 0.3 is 0 Å². The fourth-order valence-electron chi connectivity index (χ4n) is 7.09. The zero-order valence-electron chi connectivity index (χ0n) is 22.6. The summed E-state index contributed by atoms with van der Waals surface area (Å²) >= 11 is 5.50. The summed E-state index contributed by atoms with van der Waals surface area (Å²) in [5, 5.41) is 15.5. The second-order valence-electron chi connectivity index (χ2n) is 11.3. The third-order valence-corrected chi connectivity index (χ3v) is 12.0. The van der Waals surface area contributed by atoms with Gasteiger partial charge in [-0.1, -0.05) is 35.2 Å². The molecule has 4 aliphatic rings. The number of aliphatic hydroxyl groups is 1. The Hall–Kier alpha value is -1.78. The van der Waals surface area contributed by atoms with Crippen LogP contribution in [0.3, 0.4) is 0 Å². The average Bonchev–Trinajstić information content (AvgIpc) is 3.52. The van der Waals surface area contributed by atoms with Crippen molar-refractivity contribution in [1.82, 2.24) is 10.2 Å². The van der Waals surface area contributed by atoms with Crippen molar-refractivity contribution in [3.63, 3.8) is 0 Å². The van der Waals surface area contributed by atoms with Crippen molar-refractivity contribution >= 4 is 51.1 Å². The van der Waals surface area contributed by atoms with E-state index >= 15 is 0 Å². The molecule has 1 aliphatic carbocycles. The number of rotatable bonds is 11. The number of alkyl halides is 1. The number of likely N-dealkylation sites (tertiary alicyclic amines) is 1. The second-order valence-corrected chi connectivity index (χ2v) is 14.0. The van der Waals surface area contributed by atoms with Crippen LogP contribution in [0.15, 0.2) is 24.3 Å². The van der Waals surface area contributed by atoms with Crippen LogP contribution >= 0.6 is 27.7 Å². The van der Waals surface area contributed by atoms with E-state index in [9.17, 15) is 19.5 Å². The maximum absolute atomic E-state index is 14.1. The number of benzene rings is 1. The van der Waals surface area contributed by atoms with Gasteiger partial charge in [0.1, 0.15) is 11.8 Å². The van der Waals surface area contributed by atoms with E-state index in [4.69, 9.17) is 4.74 Å². The molecule has 6 atom stereocenters. The highest BCUT2D eigenvalue weighted by atomic mass is 79.9. The Morgan fingerprint density at radius 3 is 2.56 bits per heavy atom. The minimum absolute atomic E-state index is 0.0435. The van der Waals surface area contributed by atoms with Gasteiger partial charge in [-0.15, -0.1) is 11.8 Å². The van der Waals surface area contributed by atoms with E-state index in [-0.39, 0.29) is 40.4 Å². The number of carbonyl (C=O) groups excluding carboxylic acids is 3. The molecule has 39 heavy (non-hydrogen) atoms. The molecule has 3 amide bonds. The predicted octanol–water partition coefficient (Wildman–Crippen LogP) is 4.10. The molecule has 2 bridgehead atoms. The van der Waals surface area contributed by atoms with Gasteiger partial charge in [0.15, 0.2) is 0 Å². The van der Waals surface area contributed by atoms with Crippen LogP contribution in [0.4, 0.5) is 5.69 Å². The maximum Gasteiger partial charge on any atom is 0.244 e. The summed E-state index contributed by atoms with van der Waals surface area (Å²) in [4.78, 5) is 43.6. The first-order valence-corrected chi connectivity index (χ1v) is 16.3. The molecule has 1 aromatic carbocycles. The summed E-state index contributed by atoms with van der Waals surface area (Å²) in [7, 11) is 0. The zero-order valence-corrected chi connectivity index (χ0v) is 25.0. The molecule has 1 spiro atoms. The second kappa shape index (κ2) is 12.4. The summed E-state index contributed by atoms with van der Waals surface area (Å²) < 4.78 is 4.88. The Balaban J connectivity index is 1.40. The van der Waals surface area contributed by atoms with Crippen LogP contribution in [0.25, 0.3) is 0 Å². The maximum atomic E-state index is 14.1. The molecule has 214 valence electrons. The lowest BCUT2D eigenvalue weighted by molar-refractivity contribution is -0.139.